The van der Waals surface area contributed by atoms with Crippen molar-refractivity contribution in [3.8, 4) is 0 Å². The lowest BCUT2D eigenvalue weighted by atomic mass is 10.5. The van der Waals surface area contributed by atoms with Crippen molar-refractivity contribution in [1.29, 1.82) is 0 Å². The first-order valence-corrected chi connectivity index (χ1v) is 4.28. The predicted octanol–water partition coefficient (Wildman–Crippen LogP) is 0.954. The molecular formula is C9H22O6. The van der Waals surface area contributed by atoms with Crippen LogP contribution in [0.3, 0.4) is 0 Å². The predicted molar refractivity (Wildman–Crippen MR) is 55.7 cm³/mol. The van der Waals surface area contributed by atoms with Crippen molar-refractivity contribution in [3.63, 3.8) is 0 Å². The van der Waals surface area contributed by atoms with Crippen molar-refractivity contribution >= 4 is 5.97 Å². The summed E-state index contributed by atoms with van der Waals surface area (Å²) in [5, 5.41) is 7.72. The van der Waals surface area contributed by atoms with Crippen LogP contribution in [0, 0.1) is 0 Å². The summed E-state index contributed by atoms with van der Waals surface area (Å²) in [6.07, 6.45) is 0.222. The summed E-state index contributed by atoms with van der Waals surface area (Å²) in [4.78, 5) is 9.37. The third-order valence-electron chi connectivity index (χ3n) is 0.774. The van der Waals surface area contributed by atoms with Crippen LogP contribution in [-0.4, -0.2) is 53.1 Å². The van der Waals surface area contributed by atoms with Gasteiger partial charge in [0.15, 0.2) is 0 Å². The molecule has 0 rings (SSSR count). The Morgan fingerprint density at radius 1 is 0.933 bits per heavy atom. The van der Waals surface area contributed by atoms with Crippen LogP contribution in [0.4, 0.5) is 0 Å². The molecule has 0 unspecified atom stereocenters. The number of carboxylic acid groups (broad SMARTS) is 1. The summed E-state index contributed by atoms with van der Waals surface area (Å²) in [6.45, 7) is 2.38. The summed E-state index contributed by atoms with van der Waals surface area (Å²) in [5.41, 5.74) is 0. The molecule has 0 aliphatic heterocycles. The lowest BCUT2D eigenvalue weighted by Crippen LogP contribution is -1.87. The summed E-state index contributed by atoms with van der Waals surface area (Å²) in [7, 11) is 6.35. The third kappa shape index (κ3) is 60.4. The average molecular weight is 226 g/mol. The Morgan fingerprint density at radius 3 is 1.13 bits per heavy atom. The van der Waals surface area contributed by atoms with E-state index in [1.54, 1.807) is 35.4 Å². The molecule has 1 N–H and O–H groups in total. The van der Waals surface area contributed by atoms with Crippen molar-refractivity contribution in [2.24, 2.45) is 0 Å². The van der Waals surface area contributed by atoms with Gasteiger partial charge in [0.1, 0.15) is 13.6 Å². The van der Waals surface area contributed by atoms with E-state index in [4.69, 9.17) is 5.11 Å². The second kappa shape index (κ2) is 23.3. The van der Waals surface area contributed by atoms with Gasteiger partial charge in [-0.3, -0.25) is 4.79 Å². The van der Waals surface area contributed by atoms with Gasteiger partial charge in [-0.1, -0.05) is 6.92 Å². The van der Waals surface area contributed by atoms with Gasteiger partial charge in [0.2, 0.25) is 0 Å². The van der Waals surface area contributed by atoms with Crippen molar-refractivity contribution in [2.75, 3.05) is 42.0 Å². The summed E-state index contributed by atoms with van der Waals surface area (Å²) < 4.78 is 17.9. The molecule has 15 heavy (non-hydrogen) atoms. The Morgan fingerprint density at radius 2 is 1.13 bits per heavy atom. The molecule has 0 saturated carbocycles. The zero-order chi connectivity index (χ0) is 12.5. The molecule has 0 bridgehead atoms. The minimum atomic E-state index is -0.745. The molecule has 0 atom stereocenters. The van der Waals surface area contributed by atoms with Crippen LogP contribution in [-0.2, 0) is 23.7 Å². The van der Waals surface area contributed by atoms with E-state index >= 15 is 0 Å². The minimum Gasteiger partial charge on any atom is -0.481 e. The molecule has 6 heteroatoms. The van der Waals surface area contributed by atoms with E-state index in [1.165, 1.54) is 0 Å². The SMILES string of the molecule is CCC(=O)O.COCOC.COCOC. The highest BCUT2D eigenvalue weighted by molar-refractivity contribution is 5.66. The van der Waals surface area contributed by atoms with Gasteiger partial charge in [-0.15, -0.1) is 0 Å². The van der Waals surface area contributed by atoms with Crippen LogP contribution in [0.15, 0.2) is 0 Å². The number of carbonyl (C=O) groups is 1. The van der Waals surface area contributed by atoms with E-state index in [9.17, 15) is 4.79 Å². The van der Waals surface area contributed by atoms with Crippen molar-refractivity contribution in [3.05, 3.63) is 0 Å². The molecule has 94 valence electrons. The smallest absolute Gasteiger partial charge is 0.303 e. The normalized spacial score (nSPS) is 8.07. The first kappa shape index (κ1) is 19.8. The lowest BCUT2D eigenvalue weighted by molar-refractivity contribution is -0.136. The summed E-state index contributed by atoms with van der Waals surface area (Å²) in [5.74, 6) is -0.745. The Labute approximate surface area is 91.1 Å². The first-order chi connectivity index (χ1) is 7.10. The topological polar surface area (TPSA) is 74.2 Å². The first-order valence-electron chi connectivity index (χ1n) is 4.28. The molecule has 0 aliphatic carbocycles. The molecule has 0 aromatic rings. The Hall–Kier alpha value is -0.690. The van der Waals surface area contributed by atoms with Gasteiger partial charge in [-0.2, -0.15) is 0 Å². The van der Waals surface area contributed by atoms with Gasteiger partial charge < -0.3 is 24.1 Å². The van der Waals surface area contributed by atoms with Crippen molar-refractivity contribution in [2.45, 2.75) is 13.3 Å². The fraction of sp³-hybridized carbons (Fsp3) is 0.889. The Balaban J connectivity index is -0.000000144. The minimum absolute atomic E-state index is 0.222. The van der Waals surface area contributed by atoms with E-state index < -0.39 is 5.97 Å². The van der Waals surface area contributed by atoms with E-state index in [2.05, 4.69) is 18.9 Å². The van der Waals surface area contributed by atoms with Crippen LogP contribution in [0.1, 0.15) is 13.3 Å². The molecule has 0 radical (unpaired) electrons. The zero-order valence-corrected chi connectivity index (χ0v) is 10.1. The maximum absolute atomic E-state index is 9.37. The van der Waals surface area contributed by atoms with Crippen LogP contribution in [0.25, 0.3) is 0 Å². The monoisotopic (exact) mass is 226 g/mol. The maximum atomic E-state index is 9.37. The van der Waals surface area contributed by atoms with Crippen molar-refractivity contribution < 1.29 is 28.8 Å². The number of hydrogen-bond acceptors (Lipinski definition) is 5. The second-order valence-corrected chi connectivity index (χ2v) is 2.14. The standard InChI is InChI=1S/2C3H8O2.C3H6O2/c2*1-4-3-5-2;1-2-3(4)5/h2*3H2,1-2H3;2H2,1H3,(H,4,5). The van der Waals surface area contributed by atoms with E-state index in [0.29, 0.717) is 13.6 Å². The Kier molecular flexibility index (Phi) is 30.7. The maximum Gasteiger partial charge on any atom is 0.303 e. The summed E-state index contributed by atoms with van der Waals surface area (Å²) in [6, 6.07) is 0. The van der Waals surface area contributed by atoms with Gasteiger partial charge in [-0.05, 0) is 0 Å². The number of ether oxygens (including phenoxy) is 4. The quantitative estimate of drug-likeness (QED) is 0.704. The van der Waals surface area contributed by atoms with Gasteiger partial charge in [-0.25, -0.2) is 0 Å². The molecular weight excluding hydrogens is 204 g/mol. The number of aliphatic carboxylic acids is 1. The van der Waals surface area contributed by atoms with Gasteiger partial charge in [0, 0.05) is 34.9 Å². The van der Waals surface area contributed by atoms with Gasteiger partial charge >= 0.3 is 5.97 Å². The lowest BCUT2D eigenvalue weighted by Gasteiger charge is -1.87. The zero-order valence-electron chi connectivity index (χ0n) is 10.1. The fourth-order valence-electron chi connectivity index (χ4n) is 0.236. The highest BCUT2D eigenvalue weighted by Crippen LogP contribution is 1.67. The molecule has 0 aromatic heterocycles. The number of methoxy groups -OCH3 is 4. The molecule has 0 aliphatic rings. The molecule has 0 amide bonds. The molecule has 0 aromatic carbocycles. The number of rotatable bonds is 5. The largest absolute Gasteiger partial charge is 0.481 e. The van der Waals surface area contributed by atoms with Crippen LogP contribution >= 0.6 is 0 Å². The third-order valence-corrected chi connectivity index (χ3v) is 0.774. The van der Waals surface area contributed by atoms with Gasteiger partial charge in [0.25, 0.3) is 0 Å². The average Bonchev–Trinajstić information content (AvgIpc) is 2.22. The molecule has 0 heterocycles. The highest BCUT2D eigenvalue weighted by atomic mass is 16.7. The highest BCUT2D eigenvalue weighted by Gasteiger charge is 1.80. The van der Waals surface area contributed by atoms with E-state index in [-0.39, 0.29) is 6.42 Å². The molecule has 6 nitrogen and oxygen atoms in total. The van der Waals surface area contributed by atoms with Gasteiger partial charge in [0.05, 0.1) is 0 Å². The fourth-order valence-corrected chi connectivity index (χ4v) is 0.236. The number of carboxylic acids is 1. The molecule has 0 saturated heterocycles. The second-order valence-electron chi connectivity index (χ2n) is 2.14. The molecule has 0 spiro atoms. The number of hydrogen-bond donors (Lipinski definition) is 1. The van der Waals surface area contributed by atoms with Crippen LogP contribution in [0.5, 0.6) is 0 Å². The summed E-state index contributed by atoms with van der Waals surface area (Å²) >= 11 is 0. The van der Waals surface area contributed by atoms with Crippen LogP contribution < -0.4 is 0 Å². The van der Waals surface area contributed by atoms with E-state index in [0.717, 1.165) is 0 Å². The Bertz CT molecular complexity index is 96.8. The molecule has 0 fully saturated rings. The van der Waals surface area contributed by atoms with Crippen molar-refractivity contribution in [1.82, 2.24) is 0 Å². The van der Waals surface area contributed by atoms with E-state index in [1.807, 2.05) is 0 Å². The van der Waals surface area contributed by atoms with Crippen LogP contribution in [0.2, 0.25) is 0 Å².